The Kier molecular flexibility index (Phi) is 1.63. The van der Waals surface area contributed by atoms with Gasteiger partial charge in [-0.2, -0.15) is 5.26 Å². The summed E-state index contributed by atoms with van der Waals surface area (Å²) in [6.07, 6.45) is 4.78. The van der Waals surface area contributed by atoms with Crippen molar-refractivity contribution >= 4 is 0 Å². The van der Waals surface area contributed by atoms with Gasteiger partial charge in [-0.25, -0.2) is 0 Å². The Hall–Kier alpha value is -1.03. The van der Waals surface area contributed by atoms with Crippen LogP contribution in [-0.4, -0.2) is 0 Å². The van der Waals surface area contributed by atoms with Crippen LogP contribution in [0.1, 0.15) is 19.3 Å². The lowest BCUT2D eigenvalue weighted by atomic mass is 9.65. The molecule has 0 aromatic carbocycles. The molecule has 0 radical (unpaired) electrons. The van der Waals surface area contributed by atoms with Gasteiger partial charge in [0.1, 0.15) is 0 Å². The number of allylic oxidation sites excluding steroid dienone is 2. The van der Waals surface area contributed by atoms with Crippen LogP contribution in [0, 0.1) is 16.7 Å². The molecular formula is C9H11N. The summed E-state index contributed by atoms with van der Waals surface area (Å²) in [6, 6.07) is 2.29. The third-order valence-corrected chi connectivity index (χ3v) is 2.28. The van der Waals surface area contributed by atoms with Crippen molar-refractivity contribution in [3.05, 3.63) is 24.8 Å². The zero-order valence-corrected chi connectivity index (χ0v) is 6.06. The molecule has 1 heteroatoms. The zero-order chi connectivity index (χ0) is 7.61. The van der Waals surface area contributed by atoms with Crippen LogP contribution in [0.5, 0.6) is 0 Å². The van der Waals surface area contributed by atoms with Crippen LogP contribution in [-0.2, 0) is 0 Å². The maximum Gasteiger partial charge on any atom is 0.0816 e. The zero-order valence-electron chi connectivity index (χ0n) is 6.06. The molecule has 0 atom stereocenters. The number of rotatable bonds is 2. The third kappa shape index (κ3) is 0.769. The van der Waals surface area contributed by atoms with Crippen molar-refractivity contribution in [3.63, 3.8) is 0 Å². The second-order valence-corrected chi connectivity index (χ2v) is 2.78. The SMILES string of the molecule is C=CC(=C)C1(C#N)CCC1. The van der Waals surface area contributed by atoms with Crippen molar-refractivity contribution in [3.8, 4) is 6.07 Å². The van der Waals surface area contributed by atoms with Gasteiger partial charge in [0.05, 0.1) is 11.5 Å². The average Bonchev–Trinajstić information content (AvgIpc) is 1.86. The first-order chi connectivity index (χ1) is 4.75. The molecule has 0 aromatic heterocycles. The van der Waals surface area contributed by atoms with E-state index in [1.54, 1.807) is 6.08 Å². The Balaban J connectivity index is 2.76. The van der Waals surface area contributed by atoms with Crippen molar-refractivity contribution in [2.45, 2.75) is 19.3 Å². The molecule has 1 saturated carbocycles. The van der Waals surface area contributed by atoms with Gasteiger partial charge in [0.15, 0.2) is 0 Å². The number of nitriles is 1. The standard InChI is InChI=1S/C9H11N/c1-3-8(2)9(7-10)5-4-6-9/h3H,1-2,4-6H2. The lowest BCUT2D eigenvalue weighted by Crippen LogP contribution is -2.28. The molecule has 10 heavy (non-hydrogen) atoms. The number of hydrogen-bond donors (Lipinski definition) is 0. The maximum absolute atomic E-state index is 8.78. The van der Waals surface area contributed by atoms with E-state index in [1.165, 1.54) is 0 Å². The first-order valence-corrected chi connectivity index (χ1v) is 3.48. The van der Waals surface area contributed by atoms with Gasteiger partial charge in [-0.3, -0.25) is 0 Å². The van der Waals surface area contributed by atoms with Crippen LogP contribution in [0.4, 0.5) is 0 Å². The summed E-state index contributed by atoms with van der Waals surface area (Å²) in [4.78, 5) is 0. The highest BCUT2D eigenvalue weighted by atomic mass is 14.4. The van der Waals surface area contributed by atoms with E-state index in [2.05, 4.69) is 19.2 Å². The maximum atomic E-state index is 8.78. The summed E-state index contributed by atoms with van der Waals surface area (Å²) in [5.74, 6) is 0. The molecule has 0 aromatic rings. The van der Waals surface area contributed by atoms with Gasteiger partial charge in [-0.15, -0.1) is 0 Å². The van der Waals surface area contributed by atoms with Crippen molar-refractivity contribution in [1.82, 2.24) is 0 Å². The highest BCUT2D eigenvalue weighted by molar-refractivity contribution is 5.31. The molecule has 0 N–H and O–H groups in total. The lowest BCUT2D eigenvalue weighted by Gasteiger charge is -2.35. The molecule has 0 bridgehead atoms. The van der Waals surface area contributed by atoms with Gasteiger partial charge < -0.3 is 0 Å². The molecule has 1 aliphatic rings. The first-order valence-electron chi connectivity index (χ1n) is 3.48. The summed E-state index contributed by atoms with van der Waals surface area (Å²) in [5.41, 5.74) is 0.656. The fourth-order valence-corrected chi connectivity index (χ4v) is 1.23. The topological polar surface area (TPSA) is 23.8 Å². The predicted octanol–water partition coefficient (Wildman–Crippen LogP) is 2.42. The number of hydrogen-bond acceptors (Lipinski definition) is 1. The minimum Gasteiger partial charge on any atom is -0.197 e. The van der Waals surface area contributed by atoms with E-state index in [4.69, 9.17) is 5.26 Å². The summed E-state index contributed by atoms with van der Waals surface area (Å²) < 4.78 is 0. The van der Waals surface area contributed by atoms with E-state index >= 15 is 0 Å². The fraction of sp³-hybridized carbons (Fsp3) is 0.444. The molecule has 0 amide bonds. The highest BCUT2D eigenvalue weighted by Crippen LogP contribution is 2.45. The van der Waals surface area contributed by atoms with Gasteiger partial charge in [0.25, 0.3) is 0 Å². The van der Waals surface area contributed by atoms with E-state index in [0.29, 0.717) is 0 Å². The highest BCUT2D eigenvalue weighted by Gasteiger charge is 2.38. The monoisotopic (exact) mass is 133 g/mol. The van der Waals surface area contributed by atoms with Crippen molar-refractivity contribution in [2.24, 2.45) is 5.41 Å². The van der Waals surface area contributed by atoms with Gasteiger partial charge in [0, 0.05) is 0 Å². The summed E-state index contributed by atoms with van der Waals surface area (Å²) in [5, 5.41) is 8.78. The Morgan fingerprint density at radius 3 is 2.30 bits per heavy atom. The lowest BCUT2D eigenvalue weighted by molar-refractivity contribution is 0.275. The van der Waals surface area contributed by atoms with Crippen LogP contribution in [0.15, 0.2) is 24.8 Å². The molecular weight excluding hydrogens is 122 g/mol. The van der Waals surface area contributed by atoms with Gasteiger partial charge in [-0.05, 0) is 24.8 Å². The van der Waals surface area contributed by atoms with Crippen LogP contribution in [0.3, 0.4) is 0 Å². The fourth-order valence-electron chi connectivity index (χ4n) is 1.23. The molecule has 1 aliphatic carbocycles. The van der Waals surface area contributed by atoms with Gasteiger partial charge in [-0.1, -0.05) is 19.2 Å². The van der Waals surface area contributed by atoms with E-state index in [1.807, 2.05) is 0 Å². The Morgan fingerprint density at radius 2 is 2.20 bits per heavy atom. The second kappa shape index (κ2) is 2.30. The quantitative estimate of drug-likeness (QED) is 0.531. The number of nitrogens with zero attached hydrogens (tertiary/aromatic N) is 1. The van der Waals surface area contributed by atoms with E-state index in [9.17, 15) is 0 Å². The molecule has 1 rings (SSSR count). The molecule has 0 unspecified atom stereocenters. The van der Waals surface area contributed by atoms with E-state index in [0.717, 1.165) is 24.8 Å². The van der Waals surface area contributed by atoms with Crippen LogP contribution in [0.2, 0.25) is 0 Å². The van der Waals surface area contributed by atoms with Crippen LogP contribution < -0.4 is 0 Å². The third-order valence-electron chi connectivity index (χ3n) is 2.28. The van der Waals surface area contributed by atoms with Crippen LogP contribution in [0.25, 0.3) is 0 Å². The van der Waals surface area contributed by atoms with Gasteiger partial charge >= 0.3 is 0 Å². The van der Waals surface area contributed by atoms with Gasteiger partial charge in [0.2, 0.25) is 0 Å². The Labute approximate surface area is 61.7 Å². The Morgan fingerprint density at radius 1 is 1.60 bits per heavy atom. The normalized spacial score (nSPS) is 20.3. The first kappa shape index (κ1) is 7.08. The molecule has 1 fully saturated rings. The Bertz CT molecular complexity index is 203. The van der Waals surface area contributed by atoms with Crippen molar-refractivity contribution in [2.75, 3.05) is 0 Å². The second-order valence-electron chi connectivity index (χ2n) is 2.78. The largest absolute Gasteiger partial charge is 0.197 e. The summed E-state index contributed by atoms with van der Waals surface area (Å²) in [6.45, 7) is 7.40. The summed E-state index contributed by atoms with van der Waals surface area (Å²) >= 11 is 0. The average molecular weight is 133 g/mol. The molecule has 0 saturated heterocycles. The minimum atomic E-state index is -0.234. The molecule has 1 nitrogen and oxygen atoms in total. The van der Waals surface area contributed by atoms with Crippen molar-refractivity contribution in [1.29, 1.82) is 5.26 Å². The van der Waals surface area contributed by atoms with E-state index in [-0.39, 0.29) is 5.41 Å². The smallest absolute Gasteiger partial charge is 0.0816 e. The molecule has 0 aliphatic heterocycles. The van der Waals surface area contributed by atoms with E-state index < -0.39 is 0 Å². The summed E-state index contributed by atoms with van der Waals surface area (Å²) in [7, 11) is 0. The molecule has 52 valence electrons. The molecule has 0 spiro atoms. The predicted molar refractivity (Wildman–Crippen MR) is 41.2 cm³/mol. The van der Waals surface area contributed by atoms with Crippen LogP contribution >= 0.6 is 0 Å². The minimum absolute atomic E-state index is 0.234. The molecule has 0 heterocycles. The van der Waals surface area contributed by atoms with Crippen molar-refractivity contribution < 1.29 is 0 Å².